The summed E-state index contributed by atoms with van der Waals surface area (Å²) in [6, 6.07) is 13.4. The molecule has 0 spiro atoms. The number of anilines is 1. The largest absolute Gasteiger partial charge is 0.497 e. The van der Waals surface area contributed by atoms with Crippen LogP contribution in [0.1, 0.15) is 23.5 Å². The fourth-order valence-electron chi connectivity index (χ4n) is 2.84. The minimum atomic E-state index is 0.0397. The van der Waals surface area contributed by atoms with E-state index in [1.165, 1.54) is 5.56 Å². The lowest BCUT2D eigenvalue weighted by molar-refractivity contribution is -0.122. The monoisotopic (exact) mass is 336 g/mol. The molecule has 0 unspecified atom stereocenters. The number of ether oxygens (including phenoxy) is 1. The summed E-state index contributed by atoms with van der Waals surface area (Å²) in [4.78, 5) is 16.3. The maximum absolute atomic E-state index is 12.2. The van der Waals surface area contributed by atoms with Gasteiger partial charge in [-0.1, -0.05) is 12.1 Å². The highest BCUT2D eigenvalue weighted by Gasteiger charge is 2.43. The van der Waals surface area contributed by atoms with Crippen LogP contribution in [0.4, 0.5) is 5.82 Å². The van der Waals surface area contributed by atoms with Gasteiger partial charge >= 0.3 is 0 Å². The molecule has 6 heteroatoms. The average Bonchev–Trinajstić information content (AvgIpc) is 3.46. The first-order chi connectivity index (χ1) is 12.2. The number of nitrogens with zero attached hydrogens (tertiary/aromatic N) is 2. The smallest absolute Gasteiger partial charge is 0.223 e. The summed E-state index contributed by atoms with van der Waals surface area (Å²) in [6.45, 7) is 1.02. The standard InChI is InChI=1S/C19H20N4O2/c1-25-15-6-4-13(5-7-15)16-11-17(16)19(24)23-10-9-22-18-14(12-20)3-2-8-21-18/h2-8,16-17H,9-11H2,1H3,(H,21,22)(H,23,24)/t16-,17+/m0/s1. The number of carbonyl (C=O) groups excluding carboxylic acids is 1. The molecule has 0 saturated heterocycles. The Morgan fingerprint density at radius 1 is 1.32 bits per heavy atom. The zero-order valence-electron chi connectivity index (χ0n) is 14.0. The van der Waals surface area contributed by atoms with Gasteiger partial charge in [0.1, 0.15) is 17.6 Å². The first kappa shape index (κ1) is 16.8. The van der Waals surface area contributed by atoms with E-state index in [1.807, 2.05) is 24.3 Å². The van der Waals surface area contributed by atoms with Crippen molar-refractivity contribution in [3.05, 3.63) is 53.7 Å². The summed E-state index contributed by atoms with van der Waals surface area (Å²) in [5.41, 5.74) is 1.67. The number of hydrogen-bond acceptors (Lipinski definition) is 5. The SMILES string of the molecule is COc1ccc([C@@H]2C[C@H]2C(=O)NCCNc2ncccc2C#N)cc1. The Morgan fingerprint density at radius 2 is 2.12 bits per heavy atom. The molecule has 1 aromatic carbocycles. The van der Waals surface area contributed by atoms with Gasteiger partial charge in [0.15, 0.2) is 0 Å². The van der Waals surface area contributed by atoms with Crippen LogP contribution in [0.15, 0.2) is 42.6 Å². The maximum Gasteiger partial charge on any atom is 0.223 e. The third-order valence-electron chi connectivity index (χ3n) is 4.32. The molecule has 0 aliphatic heterocycles. The van der Waals surface area contributed by atoms with Crippen LogP contribution in [0.25, 0.3) is 0 Å². The minimum Gasteiger partial charge on any atom is -0.497 e. The molecule has 1 aliphatic rings. The molecule has 128 valence electrons. The fraction of sp³-hybridized carbons (Fsp3) is 0.316. The summed E-state index contributed by atoms with van der Waals surface area (Å²) in [5, 5.41) is 15.0. The van der Waals surface area contributed by atoms with E-state index in [1.54, 1.807) is 25.4 Å². The van der Waals surface area contributed by atoms with E-state index in [-0.39, 0.29) is 11.8 Å². The molecular weight excluding hydrogens is 316 g/mol. The Labute approximate surface area is 146 Å². The number of amides is 1. The van der Waals surface area contributed by atoms with E-state index >= 15 is 0 Å². The quantitative estimate of drug-likeness (QED) is 0.758. The Balaban J connectivity index is 1.42. The Hall–Kier alpha value is -3.07. The van der Waals surface area contributed by atoms with Crippen molar-refractivity contribution in [2.75, 3.05) is 25.5 Å². The molecule has 2 atom stereocenters. The van der Waals surface area contributed by atoms with Gasteiger partial charge in [-0.05, 0) is 42.2 Å². The van der Waals surface area contributed by atoms with Crippen molar-refractivity contribution in [2.45, 2.75) is 12.3 Å². The van der Waals surface area contributed by atoms with Gasteiger partial charge in [-0.2, -0.15) is 5.26 Å². The summed E-state index contributed by atoms with van der Waals surface area (Å²) < 4.78 is 5.15. The second-order valence-electron chi connectivity index (χ2n) is 5.95. The van der Waals surface area contributed by atoms with Gasteiger partial charge in [0.2, 0.25) is 5.91 Å². The van der Waals surface area contributed by atoms with Crippen molar-refractivity contribution in [3.8, 4) is 11.8 Å². The van der Waals surface area contributed by atoms with Gasteiger partial charge in [-0.15, -0.1) is 0 Å². The van der Waals surface area contributed by atoms with Gasteiger partial charge in [-0.3, -0.25) is 4.79 Å². The van der Waals surface area contributed by atoms with E-state index < -0.39 is 0 Å². The van der Waals surface area contributed by atoms with E-state index in [0.29, 0.717) is 30.4 Å². The number of aromatic nitrogens is 1. The number of hydrogen-bond donors (Lipinski definition) is 2. The van der Waals surface area contributed by atoms with Crippen LogP contribution in [0, 0.1) is 17.2 Å². The molecular formula is C19H20N4O2. The topological polar surface area (TPSA) is 87.0 Å². The first-order valence-electron chi connectivity index (χ1n) is 8.23. The molecule has 1 amide bonds. The summed E-state index contributed by atoms with van der Waals surface area (Å²) in [6.07, 6.45) is 2.51. The highest BCUT2D eigenvalue weighted by atomic mass is 16.5. The number of rotatable bonds is 7. The summed E-state index contributed by atoms with van der Waals surface area (Å²) >= 11 is 0. The van der Waals surface area contributed by atoms with Crippen molar-refractivity contribution in [2.24, 2.45) is 5.92 Å². The molecule has 1 fully saturated rings. The van der Waals surface area contributed by atoms with Crippen molar-refractivity contribution < 1.29 is 9.53 Å². The van der Waals surface area contributed by atoms with Crippen molar-refractivity contribution in [3.63, 3.8) is 0 Å². The number of nitrogens with one attached hydrogen (secondary N) is 2. The van der Waals surface area contributed by atoms with Crippen LogP contribution in [-0.4, -0.2) is 31.1 Å². The number of carbonyl (C=O) groups is 1. The van der Waals surface area contributed by atoms with Gasteiger partial charge in [-0.25, -0.2) is 4.98 Å². The molecule has 0 bridgehead atoms. The molecule has 6 nitrogen and oxygen atoms in total. The number of methoxy groups -OCH3 is 1. The molecule has 2 aromatic rings. The van der Waals surface area contributed by atoms with Crippen LogP contribution in [0.3, 0.4) is 0 Å². The zero-order valence-corrected chi connectivity index (χ0v) is 14.0. The highest BCUT2D eigenvalue weighted by Crippen LogP contribution is 2.47. The number of benzene rings is 1. The molecule has 25 heavy (non-hydrogen) atoms. The highest BCUT2D eigenvalue weighted by molar-refractivity contribution is 5.82. The van der Waals surface area contributed by atoms with Gasteiger partial charge < -0.3 is 15.4 Å². The maximum atomic E-state index is 12.2. The predicted molar refractivity (Wildman–Crippen MR) is 94.3 cm³/mol. The number of nitriles is 1. The first-order valence-corrected chi connectivity index (χ1v) is 8.23. The average molecular weight is 336 g/mol. The van der Waals surface area contributed by atoms with Crippen LogP contribution in [0.5, 0.6) is 5.75 Å². The lowest BCUT2D eigenvalue weighted by Gasteiger charge is -2.08. The Morgan fingerprint density at radius 3 is 2.84 bits per heavy atom. The zero-order chi connectivity index (χ0) is 17.6. The predicted octanol–water partition coefficient (Wildman–Crippen LogP) is 2.29. The molecule has 3 rings (SSSR count). The second-order valence-corrected chi connectivity index (χ2v) is 5.95. The van der Waals surface area contributed by atoms with Gasteiger partial charge in [0.25, 0.3) is 0 Å². The van der Waals surface area contributed by atoms with Crippen molar-refractivity contribution in [1.29, 1.82) is 5.26 Å². The Bertz CT molecular complexity index is 783. The number of pyridine rings is 1. The summed E-state index contributed by atoms with van der Waals surface area (Å²) in [7, 11) is 1.64. The Kier molecular flexibility index (Phi) is 5.14. The van der Waals surface area contributed by atoms with Crippen LogP contribution in [-0.2, 0) is 4.79 Å². The van der Waals surface area contributed by atoms with E-state index in [0.717, 1.165) is 12.2 Å². The molecule has 1 aromatic heterocycles. The fourth-order valence-corrected chi connectivity index (χ4v) is 2.84. The lowest BCUT2D eigenvalue weighted by Crippen LogP contribution is -2.30. The van der Waals surface area contributed by atoms with Crippen LogP contribution in [0.2, 0.25) is 0 Å². The van der Waals surface area contributed by atoms with Crippen molar-refractivity contribution in [1.82, 2.24) is 10.3 Å². The molecule has 1 saturated carbocycles. The second kappa shape index (κ2) is 7.67. The molecule has 1 aliphatic carbocycles. The van der Waals surface area contributed by atoms with E-state index in [4.69, 9.17) is 10.00 Å². The van der Waals surface area contributed by atoms with Crippen LogP contribution < -0.4 is 15.4 Å². The summed E-state index contributed by atoms with van der Waals surface area (Å²) in [5.74, 6) is 1.77. The van der Waals surface area contributed by atoms with Gasteiger partial charge in [0, 0.05) is 25.2 Å². The van der Waals surface area contributed by atoms with Crippen LogP contribution >= 0.6 is 0 Å². The molecule has 1 heterocycles. The van der Waals surface area contributed by atoms with E-state index in [9.17, 15) is 4.79 Å². The van der Waals surface area contributed by atoms with Gasteiger partial charge in [0.05, 0.1) is 12.7 Å². The normalized spacial score (nSPS) is 18.1. The molecule has 2 N–H and O–H groups in total. The third kappa shape index (κ3) is 4.07. The lowest BCUT2D eigenvalue weighted by atomic mass is 10.1. The molecule has 0 radical (unpaired) electrons. The van der Waals surface area contributed by atoms with Crippen molar-refractivity contribution >= 4 is 11.7 Å². The minimum absolute atomic E-state index is 0.0397. The van der Waals surface area contributed by atoms with E-state index in [2.05, 4.69) is 21.7 Å². The third-order valence-corrected chi connectivity index (χ3v) is 4.32.